The third-order valence-corrected chi connectivity index (χ3v) is 4.57. The highest BCUT2D eigenvalue weighted by molar-refractivity contribution is 7.99. The Morgan fingerprint density at radius 3 is 2.68 bits per heavy atom. The van der Waals surface area contributed by atoms with Crippen LogP contribution in [-0.4, -0.2) is 23.0 Å². The van der Waals surface area contributed by atoms with Crippen molar-refractivity contribution in [1.82, 2.24) is 0 Å². The molecule has 1 N–H and O–H groups in total. The Bertz CT molecular complexity index is 717. The van der Waals surface area contributed by atoms with Crippen molar-refractivity contribution in [2.24, 2.45) is 5.10 Å². The molecule has 0 amide bonds. The lowest BCUT2D eigenvalue weighted by atomic mass is 9.68. The molecule has 0 saturated heterocycles. The van der Waals surface area contributed by atoms with Gasteiger partial charge in [0.05, 0.1) is 5.71 Å². The smallest absolute Gasteiger partial charge is 0.427 e. The lowest BCUT2D eigenvalue weighted by Crippen LogP contribution is -2.51. The van der Waals surface area contributed by atoms with Gasteiger partial charge < -0.3 is 5.02 Å². The van der Waals surface area contributed by atoms with Gasteiger partial charge in [-0.3, -0.25) is 4.92 Å². The van der Waals surface area contributed by atoms with Gasteiger partial charge in [-0.1, -0.05) is 44.2 Å². The average Bonchev–Trinajstić information content (AvgIpc) is 2.50. The van der Waals surface area contributed by atoms with Gasteiger partial charge in [-0.05, 0) is 36.1 Å². The second-order valence-electron chi connectivity index (χ2n) is 5.65. The van der Waals surface area contributed by atoms with Gasteiger partial charge in [-0.25, -0.2) is 0 Å². The molecule has 3 nitrogen and oxygen atoms in total. The van der Waals surface area contributed by atoms with Crippen molar-refractivity contribution in [1.29, 1.82) is 0 Å². The number of nitrogens with zero attached hydrogens (tertiary/aromatic N) is 2. The molecule has 0 bridgehead atoms. The van der Waals surface area contributed by atoms with E-state index in [0.29, 0.717) is 5.25 Å². The van der Waals surface area contributed by atoms with Crippen LogP contribution in [0.2, 0.25) is 0 Å². The van der Waals surface area contributed by atoms with Gasteiger partial charge in [0.15, 0.2) is 0 Å². The van der Waals surface area contributed by atoms with Crippen molar-refractivity contribution < 1.29 is 5.02 Å². The monoisotopic (exact) mass is 310 g/mol. The molecule has 22 heavy (non-hydrogen) atoms. The summed E-state index contributed by atoms with van der Waals surface area (Å²) >= 11 is 1.81. The average molecular weight is 310 g/mol. The Hall–Kier alpha value is -1.72. The van der Waals surface area contributed by atoms with E-state index in [0.717, 1.165) is 22.4 Å². The lowest BCUT2D eigenvalue weighted by molar-refractivity contribution is 0.577. The number of rotatable bonds is 3. The molecular weight excluding hydrogens is 291 g/mol. The first-order valence-corrected chi connectivity index (χ1v) is 8.33. The summed E-state index contributed by atoms with van der Waals surface area (Å²) in [6.07, 6.45) is 0. The van der Waals surface area contributed by atoms with Crippen LogP contribution in [0.5, 0.6) is 0 Å². The summed E-state index contributed by atoms with van der Waals surface area (Å²) < 4.78 is 0. The molecule has 1 heterocycles. The minimum absolute atomic E-state index is 0.521. The summed E-state index contributed by atoms with van der Waals surface area (Å²) in [7, 11) is -0.751. The zero-order chi connectivity index (χ0) is 15.7. The lowest BCUT2D eigenvalue weighted by Gasteiger charge is -2.29. The quantitative estimate of drug-likeness (QED) is 0.699. The molecule has 0 spiro atoms. The highest BCUT2D eigenvalue weighted by Crippen LogP contribution is 2.28. The number of hydrogen-bond acceptors (Lipinski definition) is 4. The van der Waals surface area contributed by atoms with E-state index in [9.17, 15) is 5.02 Å². The molecule has 3 rings (SSSR count). The Balaban J connectivity index is 1.98. The first-order valence-electron chi connectivity index (χ1n) is 7.45. The number of thioether (sulfide) groups is 1. The van der Waals surface area contributed by atoms with Crippen LogP contribution in [0, 0.1) is 0 Å². The molecule has 2 aromatic carbocycles. The summed E-state index contributed by atoms with van der Waals surface area (Å²) in [6.45, 7) is 6.32. The van der Waals surface area contributed by atoms with Gasteiger partial charge in [0, 0.05) is 15.8 Å². The van der Waals surface area contributed by atoms with Crippen LogP contribution in [0.15, 0.2) is 58.5 Å². The topological polar surface area (TPSA) is 35.8 Å². The van der Waals surface area contributed by atoms with E-state index in [1.165, 1.54) is 4.90 Å². The molecule has 0 radical (unpaired) electrons. The zero-order valence-corrected chi connectivity index (χ0v) is 13.8. The van der Waals surface area contributed by atoms with Gasteiger partial charge in [-0.2, -0.15) is 5.10 Å². The molecule has 0 saturated carbocycles. The summed E-state index contributed by atoms with van der Waals surface area (Å²) in [5.74, 6) is 0. The third-order valence-electron chi connectivity index (χ3n) is 3.57. The van der Waals surface area contributed by atoms with Crippen LogP contribution in [0.1, 0.15) is 26.3 Å². The van der Waals surface area contributed by atoms with Crippen LogP contribution in [0.4, 0.5) is 5.69 Å². The minimum atomic E-state index is -0.751. The maximum absolute atomic E-state index is 10.7. The minimum Gasteiger partial charge on any atom is -0.427 e. The normalized spacial score (nSPS) is 14.1. The number of anilines is 1. The van der Waals surface area contributed by atoms with Crippen LogP contribution >= 0.6 is 11.8 Å². The Morgan fingerprint density at radius 2 is 1.91 bits per heavy atom. The Kier molecular flexibility index (Phi) is 4.27. The third kappa shape index (κ3) is 2.92. The number of benzene rings is 2. The van der Waals surface area contributed by atoms with E-state index in [2.05, 4.69) is 31.1 Å². The fourth-order valence-corrected chi connectivity index (χ4v) is 3.51. The van der Waals surface area contributed by atoms with Gasteiger partial charge in [0.25, 0.3) is 0 Å². The molecule has 5 heteroatoms. The molecule has 0 aromatic heterocycles. The largest absolute Gasteiger partial charge is 0.471 e. The van der Waals surface area contributed by atoms with E-state index >= 15 is 0 Å². The Labute approximate surface area is 136 Å². The number of fused-ring (bicyclic) bond motifs is 1. The van der Waals surface area contributed by atoms with Crippen molar-refractivity contribution in [3.63, 3.8) is 0 Å². The molecular formula is C17H19BN2OS. The fourth-order valence-electron chi connectivity index (χ4n) is 2.62. The van der Waals surface area contributed by atoms with Crippen LogP contribution in [0.3, 0.4) is 0 Å². The predicted molar refractivity (Wildman–Crippen MR) is 96.2 cm³/mol. The number of hydrogen-bond donors (Lipinski definition) is 1. The second kappa shape index (κ2) is 6.19. The molecule has 0 fully saturated rings. The molecule has 1 aliphatic rings. The van der Waals surface area contributed by atoms with Crippen LogP contribution in [-0.2, 0) is 0 Å². The van der Waals surface area contributed by atoms with E-state index in [1.54, 1.807) is 4.92 Å². The first-order chi connectivity index (χ1) is 10.6. The van der Waals surface area contributed by atoms with Crippen molar-refractivity contribution in [2.45, 2.75) is 30.9 Å². The van der Waals surface area contributed by atoms with Gasteiger partial charge in [-0.15, -0.1) is 11.8 Å². The molecule has 0 aliphatic carbocycles. The van der Waals surface area contributed by atoms with Crippen LogP contribution in [0.25, 0.3) is 0 Å². The van der Waals surface area contributed by atoms with Crippen molar-refractivity contribution in [3.05, 3.63) is 54.1 Å². The highest BCUT2D eigenvalue weighted by atomic mass is 32.2. The molecule has 0 atom stereocenters. The standard InChI is InChI=1S/C17H19BN2OS/c1-12(2)22-15-8-6-7-14(11-15)20-18(21)17-10-5-4-9-16(17)13(3)19-20/h4-12,21H,1-3H3. The first kappa shape index (κ1) is 15.2. The van der Waals surface area contributed by atoms with Gasteiger partial charge in [0.2, 0.25) is 0 Å². The Morgan fingerprint density at radius 1 is 1.14 bits per heavy atom. The van der Waals surface area contributed by atoms with Crippen molar-refractivity contribution in [3.8, 4) is 0 Å². The molecule has 1 aliphatic heterocycles. The second-order valence-corrected chi connectivity index (χ2v) is 7.30. The van der Waals surface area contributed by atoms with Gasteiger partial charge in [0.1, 0.15) is 0 Å². The van der Waals surface area contributed by atoms with Crippen LogP contribution < -0.4 is 10.4 Å². The zero-order valence-electron chi connectivity index (χ0n) is 13.0. The molecule has 0 unspecified atom stereocenters. The maximum atomic E-state index is 10.7. The highest BCUT2D eigenvalue weighted by Gasteiger charge is 2.32. The summed E-state index contributed by atoms with van der Waals surface area (Å²) in [5.41, 5.74) is 3.74. The fraction of sp³-hybridized carbons (Fsp3) is 0.235. The van der Waals surface area contributed by atoms with E-state index < -0.39 is 7.05 Å². The maximum Gasteiger partial charge on any atom is 0.471 e. The molecule has 112 valence electrons. The van der Waals surface area contributed by atoms with Crippen molar-refractivity contribution in [2.75, 3.05) is 4.92 Å². The van der Waals surface area contributed by atoms with E-state index in [4.69, 9.17) is 0 Å². The number of hydrazone groups is 1. The van der Waals surface area contributed by atoms with E-state index in [1.807, 2.05) is 55.1 Å². The van der Waals surface area contributed by atoms with Crippen molar-refractivity contribution >= 4 is 35.7 Å². The summed E-state index contributed by atoms with van der Waals surface area (Å²) in [6, 6.07) is 16.0. The molecule has 2 aromatic rings. The predicted octanol–water partition coefficient (Wildman–Crippen LogP) is 3.12. The SMILES string of the molecule is CC1=NN(c2cccc(SC(C)C)c2)B(O)c2ccccc21. The summed E-state index contributed by atoms with van der Waals surface area (Å²) in [5, 5.41) is 15.8. The summed E-state index contributed by atoms with van der Waals surface area (Å²) in [4.78, 5) is 2.88. The van der Waals surface area contributed by atoms with Gasteiger partial charge >= 0.3 is 7.05 Å². The van der Waals surface area contributed by atoms with E-state index in [-0.39, 0.29) is 0 Å².